The second-order valence-corrected chi connectivity index (χ2v) is 7.75. The van der Waals surface area contributed by atoms with Crippen LogP contribution < -0.4 is 10.6 Å². The van der Waals surface area contributed by atoms with Crippen LogP contribution in [0.25, 0.3) is 0 Å². The molecule has 23 heavy (non-hydrogen) atoms. The summed E-state index contributed by atoms with van der Waals surface area (Å²) in [5.41, 5.74) is 2.02. The highest BCUT2D eigenvalue weighted by molar-refractivity contribution is 7.15. The SMILES string of the molecule is CC1(C)NCc2sc(NC(=O)CCCc3ccccc3Cl)nc21. The first kappa shape index (κ1) is 16.4. The van der Waals surface area contributed by atoms with E-state index in [0.717, 1.165) is 35.7 Å². The number of carbonyl (C=O) groups excluding carboxylic acids is 1. The molecule has 0 spiro atoms. The van der Waals surface area contributed by atoms with Gasteiger partial charge in [-0.3, -0.25) is 4.79 Å². The van der Waals surface area contributed by atoms with Crippen molar-refractivity contribution in [3.63, 3.8) is 0 Å². The van der Waals surface area contributed by atoms with Crippen molar-refractivity contribution in [2.45, 2.75) is 45.2 Å². The largest absolute Gasteiger partial charge is 0.302 e. The van der Waals surface area contributed by atoms with Crippen molar-refractivity contribution in [2.75, 3.05) is 5.32 Å². The van der Waals surface area contributed by atoms with E-state index in [-0.39, 0.29) is 11.4 Å². The quantitative estimate of drug-likeness (QED) is 0.854. The van der Waals surface area contributed by atoms with Gasteiger partial charge >= 0.3 is 0 Å². The molecule has 1 aliphatic rings. The molecule has 2 heterocycles. The number of rotatable bonds is 5. The predicted octanol–water partition coefficient (Wildman–Crippen LogP) is 4.10. The summed E-state index contributed by atoms with van der Waals surface area (Å²) in [4.78, 5) is 17.9. The minimum Gasteiger partial charge on any atom is -0.302 e. The van der Waals surface area contributed by atoms with E-state index in [1.165, 1.54) is 4.88 Å². The van der Waals surface area contributed by atoms with Gasteiger partial charge in [0.05, 0.1) is 11.2 Å². The maximum Gasteiger partial charge on any atom is 0.226 e. The Morgan fingerprint density at radius 3 is 2.96 bits per heavy atom. The van der Waals surface area contributed by atoms with Crippen LogP contribution in [0.1, 0.15) is 42.8 Å². The molecule has 0 saturated carbocycles. The molecular weight excluding hydrogens is 330 g/mol. The summed E-state index contributed by atoms with van der Waals surface area (Å²) < 4.78 is 0. The van der Waals surface area contributed by atoms with Gasteiger partial charge in [0.1, 0.15) is 0 Å². The van der Waals surface area contributed by atoms with Gasteiger partial charge in [0.2, 0.25) is 5.91 Å². The zero-order chi connectivity index (χ0) is 16.4. The van der Waals surface area contributed by atoms with Crippen LogP contribution in [-0.4, -0.2) is 10.9 Å². The van der Waals surface area contributed by atoms with E-state index in [4.69, 9.17) is 11.6 Å². The van der Waals surface area contributed by atoms with E-state index in [9.17, 15) is 4.79 Å². The number of aromatic nitrogens is 1. The number of nitrogens with one attached hydrogen (secondary N) is 2. The number of aryl methyl sites for hydroxylation is 1. The van der Waals surface area contributed by atoms with Gasteiger partial charge in [-0.05, 0) is 38.3 Å². The van der Waals surface area contributed by atoms with E-state index < -0.39 is 0 Å². The molecule has 0 fully saturated rings. The van der Waals surface area contributed by atoms with Gasteiger partial charge in [-0.25, -0.2) is 4.98 Å². The number of benzene rings is 1. The first-order valence-corrected chi connectivity index (χ1v) is 8.93. The van der Waals surface area contributed by atoms with E-state index in [0.29, 0.717) is 11.6 Å². The van der Waals surface area contributed by atoms with Crippen molar-refractivity contribution >= 4 is 34.0 Å². The number of amides is 1. The summed E-state index contributed by atoms with van der Waals surface area (Å²) in [7, 11) is 0. The second kappa shape index (κ2) is 6.59. The van der Waals surface area contributed by atoms with Crippen molar-refractivity contribution in [2.24, 2.45) is 0 Å². The van der Waals surface area contributed by atoms with Gasteiger partial charge in [0.15, 0.2) is 5.13 Å². The molecule has 0 radical (unpaired) electrons. The number of anilines is 1. The number of halogens is 1. The summed E-state index contributed by atoms with van der Waals surface area (Å²) >= 11 is 7.68. The molecule has 0 unspecified atom stereocenters. The Balaban J connectivity index is 1.52. The molecule has 1 aliphatic heterocycles. The molecule has 2 aromatic rings. The van der Waals surface area contributed by atoms with E-state index in [1.54, 1.807) is 11.3 Å². The monoisotopic (exact) mass is 349 g/mol. The summed E-state index contributed by atoms with van der Waals surface area (Å²) in [6, 6.07) is 7.76. The van der Waals surface area contributed by atoms with Gasteiger partial charge in [0.25, 0.3) is 0 Å². The molecule has 0 aliphatic carbocycles. The van der Waals surface area contributed by atoms with Crippen LogP contribution >= 0.6 is 22.9 Å². The highest BCUT2D eigenvalue weighted by Gasteiger charge is 2.33. The van der Waals surface area contributed by atoms with E-state index in [2.05, 4.69) is 29.5 Å². The lowest BCUT2D eigenvalue weighted by Gasteiger charge is -2.17. The van der Waals surface area contributed by atoms with Gasteiger partial charge in [-0.15, -0.1) is 11.3 Å². The van der Waals surface area contributed by atoms with Crippen LogP contribution in [-0.2, 0) is 23.3 Å². The number of fused-ring (bicyclic) bond motifs is 1. The Kier molecular flexibility index (Phi) is 4.71. The van der Waals surface area contributed by atoms with Gasteiger partial charge < -0.3 is 10.6 Å². The van der Waals surface area contributed by atoms with Crippen LogP contribution in [0.4, 0.5) is 5.13 Å². The Morgan fingerprint density at radius 2 is 2.22 bits per heavy atom. The number of nitrogens with zero attached hydrogens (tertiary/aromatic N) is 1. The zero-order valence-electron chi connectivity index (χ0n) is 13.3. The fourth-order valence-corrected chi connectivity index (χ4v) is 4.03. The Labute approximate surface area is 145 Å². The molecule has 1 aromatic heterocycles. The van der Waals surface area contributed by atoms with Crippen LogP contribution in [0, 0.1) is 0 Å². The lowest BCUT2D eigenvalue weighted by molar-refractivity contribution is -0.116. The number of hydrogen-bond acceptors (Lipinski definition) is 4. The summed E-state index contributed by atoms with van der Waals surface area (Å²) in [6.07, 6.45) is 2.04. The number of hydrogen-bond donors (Lipinski definition) is 2. The second-order valence-electron chi connectivity index (χ2n) is 6.26. The van der Waals surface area contributed by atoms with Crippen molar-refractivity contribution < 1.29 is 4.79 Å². The van der Waals surface area contributed by atoms with Gasteiger partial charge in [0, 0.05) is 22.9 Å². The van der Waals surface area contributed by atoms with Gasteiger partial charge in [-0.1, -0.05) is 29.8 Å². The molecule has 0 atom stereocenters. The fourth-order valence-electron chi connectivity index (χ4n) is 2.72. The smallest absolute Gasteiger partial charge is 0.226 e. The Hall–Kier alpha value is -1.43. The minimum absolute atomic E-state index is 0.00948. The third-order valence-corrected chi connectivity index (χ3v) is 5.37. The summed E-state index contributed by atoms with van der Waals surface area (Å²) in [6.45, 7) is 5.03. The molecule has 0 bridgehead atoms. The first-order chi connectivity index (χ1) is 11.0. The topological polar surface area (TPSA) is 54.0 Å². The summed E-state index contributed by atoms with van der Waals surface area (Å²) in [5, 5.41) is 7.78. The molecule has 2 N–H and O–H groups in total. The molecule has 4 nitrogen and oxygen atoms in total. The lowest BCUT2D eigenvalue weighted by Crippen LogP contribution is -2.29. The Morgan fingerprint density at radius 1 is 1.43 bits per heavy atom. The number of carbonyl (C=O) groups is 1. The normalized spacial score (nSPS) is 15.4. The minimum atomic E-state index is -0.112. The molecule has 1 aromatic carbocycles. The molecule has 3 rings (SSSR count). The molecule has 0 saturated heterocycles. The van der Waals surface area contributed by atoms with Crippen LogP contribution in [0.3, 0.4) is 0 Å². The van der Waals surface area contributed by atoms with Crippen molar-refractivity contribution in [1.29, 1.82) is 0 Å². The van der Waals surface area contributed by atoms with Crippen LogP contribution in [0.5, 0.6) is 0 Å². The maximum absolute atomic E-state index is 12.1. The van der Waals surface area contributed by atoms with Crippen molar-refractivity contribution in [1.82, 2.24) is 10.3 Å². The first-order valence-electron chi connectivity index (χ1n) is 7.74. The number of thiazole rings is 1. The van der Waals surface area contributed by atoms with Crippen molar-refractivity contribution in [3.05, 3.63) is 45.4 Å². The van der Waals surface area contributed by atoms with Crippen LogP contribution in [0.2, 0.25) is 5.02 Å². The molecule has 6 heteroatoms. The lowest BCUT2D eigenvalue weighted by atomic mass is 10.0. The zero-order valence-corrected chi connectivity index (χ0v) is 14.9. The molecule has 122 valence electrons. The standard InChI is InChI=1S/C17H20ClN3OS/c1-17(2)15-13(10-19-17)23-16(21-15)20-14(22)9-5-7-11-6-3-4-8-12(11)18/h3-4,6,8,19H,5,7,9-10H2,1-2H3,(H,20,21,22). The molecular formula is C17H20ClN3OS. The highest BCUT2D eigenvalue weighted by atomic mass is 35.5. The maximum atomic E-state index is 12.1. The third-order valence-electron chi connectivity index (χ3n) is 4.03. The average molecular weight is 350 g/mol. The van der Waals surface area contributed by atoms with E-state index in [1.807, 2.05) is 24.3 Å². The van der Waals surface area contributed by atoms with Crippen LogP contribution in [0.15, 0.2) is 24.3 Å². The third kappa shape index (κ3) is 3.74. The van der Waals surface area contributed by atoms with Crippen molar-refractivity contribution in [3.8, 4) is 0 Å². The highest BCUT2D eigenvalue weighted by Crippen LogP contribution is 2.35. The summed E-state index contributed by atoms with van der Waals surface area (Å²) in [5.74, 6) is 0.00948. The van der Waals surface area contributed by atoms with Gasteiger partial charge in [-0.2, -0.15) is 0 Å². The van der Waals surface area contributed by atoms with E-state index >= 15 is 0 Å². The predicted molar refractivity (Wildman–Crippen MR) is 95.0 cm³/mol. The average Bonchev–Trinajstić information content (AvgIpc) is 3.02. The molecule has 1 amide bonds. The Bertz CT molecular complexity index is 726. The fraction of sp³-hybridized carbons (Fsp3) is 0.412.